The van der Waals surface area contributed by atoms with Gasteiger partial charge in [0.2, 0.25) is 5.91 Å². The number of nitrogens with zero attached hydrogens (tertiary/aromatic N) is 2. The van der Waals surface area contributed by atoms with Crippen molar-refractivity contribution in [3.05, 3.63) is 71.0 Å². The molecule has 38 heavy (non-hydrogen) atoms. The molecule has 0 aliphatic heterocycles. The normalized spacial score (nSPS) is 13.2. The molecule has 2 aromatic carbocycles. The maximum atomic E-state index is 12.3. The van der Waals surface area contributed by atoms with Crippen molar-refractivity contribution in [2.24, 2.45) is 0 Å². The zero-order chi connectivity index (χ0) is 26.3. The molecule has 0 radical (unpaired) electrons. The summed E-state index contributed by atoms with van der Waals surface area (Å²) < 4.78 is 0. The minimum absolute atomic E-state index is 0.130. The summed E-state index contributed by atoms with van der Waals surface area (Å²) in [6.45, 7) is 5.83. The fourth-order valence-corrected chi connectivity index (χ4v) is 5.66. The number of anilines is 1. The minimum Gasteiger partial charge on any atom is -0.384 e. The molecule has 200 valence electrons. The predicted octanol–water partition coefficient (Wildman–Crippen LogP) is 5.78. The van der Waals surface area contributed by atoms with E-state index in [9.17, 15) is 4.79 Å². The number of carbonyl (C=O) groups is 1. The van der Waals surface area contributed by atoms with Crippen molar-refractivity contribution in [1.29, 1.82) is 0 Å². The Morgan fingerprint density at radius 1 is 1.03 bits per heavy atom. The van der Waals surface area contributed by atoms with Gasteiger partial charge in [0, 0.05) is 53.4 Å². The van der Waals surface area contributed by atoms with Gasteiger partial charge in [-0.25, -0.2) is 0 Å². The van der Waals surface area contributed by atoms with E-state index in [0.717, 1.165) is 69.3 Å². The van der Waals surface area contributed by atoms with E-state index in [-0.39, 0.29) is 5.91 Å². The maximum Gasteiger partial charge on any atom is 0.220 e. The van der Waals surface area contributed by atoms with E-state index in [4.69, 9.17) is 4.98 Å². The molecule has 1 aliphatic rings. The molecule has 1 aliphatic carbocycles. The van der Waals surface area contributed by atoms with E-state index in [1.807, 2.05) is 18.3 Å². The third kappa shape index (κ3) is 6.36. The zero-order valence-electron chi connectivity index (χ0n) is 22.9. The van der Waals surface area contributed by atoms with Crippen LogP contribution in [0, 0.1) is 6.92 Å². The summed E-state index contributed by atoms with van der Waals surface area (Å²) in [5.74, 6) is 0.130. The lowest BCUT2D eigenvalue weighted by Gasteiger charge is -2.22. The van der Waals surface area contributed by atoms with Crippen LogP contribution in [0.15, 0.2) is 48.7 Å². The number of hydrogen-bond acceptors (Lipinski definition) is 4. The first-order chi connectivity index (χ1) is 18.6. The SMILES string of the molecule is Cc1ccc2c(NCCCN(C)CCCNC(=O)CCc3c[nH]c4ccccc34)c3c(nc2c1)CCCC3. The molecule has 0 unspecified atom stereocenters. The Kier molecular flexibility index (Phi) is 8.59. The highest BCUT2D eigenvalue weighted by Gasteiger charge is 2.18. The number of aromatic nitrogens is 2. The Morgan fingerprint density at radius 3 is 2.74 bits per heavy atom. The van der Waals surface area contributed by atoms with E-state index in [2.05, 4.69) is 64.8 Å². The van der Waals surface area contributed by atoms with Crippen molar-refractivity contribution < 1.29 is 4.79 Å². The number of aryl methyl sites for hydroxylation is 3. The molecule has 0 fully saturated rings. The van der Waals surface area contributed by atoms with Gasteiger partial charge in [-0.2, -0.15) is 0 Å². The smallest absolute Gasteiger partial charge is 0.220 e. The molecule has 0 saturated carbocycles. The predicted molar refractivity (Wildman–Crippen MR) is 158 cm³/mol. The quantitative estimate of drug-likeness (QED) is 0.211. The summed E-state index contributed by atoms with van der Waals surface area (Å²) >= 11 is 0. The molecule has 0 bridgehead atoms. The maximum absolute atomic E-state index is 12.3. The van der Waals surface area contributed by atoms with E-state index in [0.29, 0.717) is 6.42 Å². The lowest BCUT2D eigenvalue weighted by Crippen LogP contribution is -2.29. The van der Waals surface area contributed by atoms with E-state index in [1.165, 1.54) is 51.7 Å². The molecule has 6 heteroatoms. The molecule has 2 heterocycles. The second-order valence-corrected chi connectivity index (χ2v) is 10.8. The Hall–Kier alpha value is -3.38. The second kappa shape index (κ2) is 12.4. The van der Waals surface area contributed by atoms with Gasteiger partial charge in [0.15, 0.2) is 0 Å². The summed E-state index contributed by atoms with van der Waals surface area (Å²) in [6.07, 6.45) is 10.1. The van der Waals surface area contributed by atoms with Crippen molar-refractivity contribution in [2.45, 2.75) is 58.3 Å². The Morgan fingerprint density at radius 2 is 1.84 bits per heavy atom. The van der Waals surface area contributed by atoms with Crippen molar-refractivity contribution in [1.82, 2.24) is 20.2 Å². The number of pyridine rings is 1. The van der Waals surface area contributed by atoms with Gasteiger partial charge in [0.1, 0.15) is 0 Å². The second-order valence-electron chi connectivity index (χ2n) is 10.8. The number of carbonyl (C=O) groups excluding carboxylic acids is 1. The number of aromatic amines is 1. The van der Waals surface area contributed by atoms with Crippen molar-refractivity contribution >= 4 is 33.4 Å². The number of rotatable bonds is 12. The molecule has 0 spiro atoms. The molecule has 4 aromatic rings. The number of benzene rings is 2. The topological polar surface area (TPSA) is 73.0 Å². The van der Waals surface area contributed by atoms with Gasteiger partial charge < -0.3 is 20.5 Å². The van der Waals surface area contributed by atoms with Gasteiger partial charge in [0.25, 0.3) is 0 Å². The molecule has 0 atom stereocenters. The largest absolute Gasteiger partial charge is 0.384 e. The lowest BCUT2D eigenvalue weighted by atomic mass is 9.92. The molecule has 2 aromatic heterocycles. The van der Waals surface area contributed by atoms with Gasteiger partial charge in [0.05, 0.1) is 5.52 Å². The van der Waals surface area contributed by atoms with E-state index in [1.54, 1.807) is 0 Å². The fraction of sp³-hybridized carbons (Fsp3) is 0.438. The molecular weight excluding hydrogens is 470 g/mol. The third-order valence-electron chi connectivity index (χ3n) is 7.77. The number of hydrogen-bond donors (Lipinski definition) is 3. The van der Waals surface area contributed by atoms with E-state index >= 15 is 0 Å². The number of fused-ring (bicyclic) bond motifs is 3. The molecule has 6 nitrogen and oxygen atoms in total. The van der Waals surface area contributed by atoms with Crippen LogP contribution < -0.4 is 10.6 Å². The van der Waals surface area contributed by atoms with Crippen LogP contribution >= 0.6 is 0 Å². The van der Waals surface area contributed by atoms with Crippen LogP contribution in [0.2, 0.25) is 0 Å². The van der Waals surface area contributed by atoms with Crippen LogP contribution in [0.25, 0.3) is 21.8 Å². The molecule has 1 amide bonds. The standard InChI is InChI=1S/C32H41N5O/c1-23-13-15-27-30(21-23)36-29-12-6-4-10-26(29)32(27)34-18-8-20-37(2)19-7-17-33-31(38)16-14-24-22-35-28-11-5-3-9-25(24)28/h3,5,9,11,13,15,21-22,35H,4,6-8,10,12,14,16-20H2,1-2H3,(H,33,38)(H,34,36). The first-order valence-corrected chi connectivity index (χ1v) is 14.2. The van der Waals surface area contributed by atoms with Crippen LogP contribution in [0.3, 0.4) is 0 Å². The van der Waals surface area contributed by atoms with Crippen molar-refractivity contribution in [3.8, 4) is 0 Å². The van der Waals surface area contributed by atoms with Gasteiger partial charge in [-0.3, -0.25) is 9.78 Å². The highest BCUT2D eigenvalue weighted by molar-refractivity contribution is 5.94. The average molecular weight is 512 g/mol. The molecule has 3 N–H and O–H groups in total. The van der Waals surface area contributed by atoms with Crippen LogP contribution in [-0.4, -0.2) is 54.0 Å². The fourth-order valence-electron chi connectivity index (χ4n) is 5.66. The van der Waals surface area contributed by atoms with Gasteiger partial charge in [-0.05, 0) is 101 Å². The Bertz CT molecular complexity index is 1390. The Labute approximate surface area is 226 Å². The van der Waals surface area contributed by atoms with Gasteiger partial charge in [-0.1, -0.05) is 30.3 Å². The summed E-state index contributed by atoms with van der Waals surface area (Å²) in [6, 6.07) is 14.9. The van der Waals surface area contributed by atoms with Crippen molar-refractivity contribution in [2.75, 3.05) is 38.5 Å². The van der Waals surface area contributed by atoms with Crippen LogP contribution in [0.5, 0.6) is 0 Å². The van der Waals surface area contributed by atoms with Crippen LogP contribution in [-0.2, 0) is 24.1 Å². The lowest BCUT2D eigenvalue weighted by molar-refractivity contribution is -0.121. The van der Waals surface area contributed by atoms with E-state index < -0.39 is 0 Å². The minimum atomic E-state index is 0.130. The van der Waals surface area contributed by atoms with Gasteiger partial charge >= 0.3 is 0 Å². The summed E-state index contributed by atoms with van der Waals surface area (Å²) in [7, 11) is 2.17. The number of nitrogens with one attached hydrogen (secondary N) is 3. The highest BCUT2D eigenvalue weighted by atomic mass is 16.1. The summed E-state index contributed by atoms with van der Waals surface area (Å²) in [5, 5.41) is 9.34. The van der Waals surface area contributed by atoms with Crippen LogP contribution in [0.4, 0.5) is 5.69 Å². The number of H-pyrrole nitrogens is 1. The van der Waals surface area contributed by atoms with Crippen molar-refractivity contribution in [3.63, 3.8) is 0 Å². The third-order valence-corrected chi connectivity index (χ3v) is 7.77. The van der Waals surface area contributed by atoms with Gasteiger partial charge in [-0.15, -0.1) is 0 Å². The summed E-state index contributed by atoms with van der Waals surface area (Å²) in [4.78, 5) is 23.0. The zero-order valence-corrected chi connectivity index (χ0v) is 22.9. The average Bonchev–Trinajstić information content (AvgIpc) is 3.34. The highest BCUT2D eigenvalue weighted by Crippen LogP contribution is 2.33. The Balaban J connectivity index is 1.01. The van der Waals surface area contributed by atoms with Crippen LogP contribution in [0.1, 0.15) is 54.5 Å². The number of para-hydroxylation sites is 1. The number of amides is 1. The molecule has 0 saturated heterocycles. The molecule has 5 rings (SSSR count). The summed E-state index contributed by atoms with van der Waals surface area (Å²) in [5.41, 5.74) is 8.75. The molecular formula is C32H41N5O. The first kappa shape index (κ1) is 26.2. The first-order valence-electron chi connectivity index (χ1n) is 14.2. The monoisotopic (exact) mass is 511 g/mol.